The molecule has 0 fully saturated rings. The summed E-state index contributed by atoms with van der Waals surface area (Å²) in [5.41, 5.74) is 0.501. The first-order valence-corrected chi connectivity index (χ1v) is 7.74. The van der Waals surface area contributed by atoms with Crippen LogP contribution in [0.3, 0.4) is 0 Å². The Kier molecular flexibility index (Phi) is 5.12. The van der Waals surface area contributed by atoms with E-state index in [0.29, 0.717) is 22.4 Å². The molecule has 0 aliphatic carbocycles. The summed E-state index contributed by atoms with van der Waals surface area (Å²) in [5, 5.41) is 13.1. The molecule has 4 nitrogen and oxygen atoms in total. The molecule has 1 aromatic heterocycles. The minimum Gasteiger partial charge on any atom is -0.496 e. The van der Waals surface area contributed by atoms with E-state index in [-0.39, 0.29) is 11.9 Å². The number of halogens is 1. The van der Waals surface area contributed by atoms with Gasteiger partial charge in [-0.2, -0.15) is 0 Å². The van der Waals surface area contributed by atoms with Gasteiger partial charge >= 0.3 is 0 Å². The summed E-state index contributed by atoms with van der Waals surface area (Å²) >= 11 is 1.51. The molecule has 0 aliphatic rings. The van der Waals surface area contributed by atoms with Crippen molar-refractivity contribution in [1.82, 2.24) is 10.2 Å². The third-order valence-electron chi connectivity index (χ3n) is 3.06. The maximum atomic E-state index is 14.0. The van der Waals surface area contributed by atoms with Gasteiger partial charge in [-0.05, 0) is 25.0 Å². The minimum atomic E-state index is -0.290. The first-order valence-electron chi connectivity index (χ1n) is 6.92. The second-order valence-corrected chi connectivity index (χ2v) is 6.38. The molecule has 0 amide bonds. The number of anilines is 1. The summed E-state index contributed by atoms with van der Waals surface area (Å²) in [5.74, 6) is 0.776. The summed E-state index contributed by atoms with van der Waals surface area (Å²) in [7, 11) is 1.54. The summed E-state index contributed by atoms with van der Waals surface area (Å²) in [6.07, 6.45) is 0.900. The van der Waals surface area contributed by atoms with Crippen molar-refractivity contribution in [1.29, 1.82) is 0 Å². The van der Waals surface area contributed by atoms with Crippen LogP contribution in [0.15, 0.2) is 18.2 Å². The molecule has 0 bridgehead atoms. The van der Waals surface area contributed by atoms with Crippen molar-refractivity contribution in [2.75, 3.05) is 12.4 Å². The van der Waals surface area contributed by atoms with Crippen molar-refractivity contribution < 1.29 is 9.13 Å². The smallest absolute Gasteiger partial charge is 0.206 e. The first kappa shape index (κ1) is 15.7. The predicted octanol–water partition coefficient (Wildman–Crippen LogP) is 4.06. The van der Waals surface area contributed by atoms with E-state index in [1.54, 1.807) is 12.1 Å². The fourth-order valence-electron chi connectivity index (χ4n) is 2.12. The van der Waals surface area contributed by atoms with E-state index in [4.69, 9.17) is 4.74 Å². The van der Waals surface area contributed by atoms with E-state index in [9.17, 15) is 4.39 Å². The second-order valence-electron chi connectivity index (χ2n) is 5.32. The molecule has 1 heterocycles. The van der Waals surface area contributed by atoms with Gasteiger partial charge in [0, 0.05) is 6.42 Å². The fraction of sp³-hybridized carbons (Fsp3) is 0.467. The van der Waals surface area contributed by atoms with Crippen molar-refractivity contribution in [2.45, 2.75) is 33.2 Å². The fourth-order valence-corrected chi connectivity index (χ4v) is 3.16. The third-order valence-corrected chi connectivity index (χ3v) is 3.93. The van der Waals surface area contributed by atoms with Crippen LogP contribution >= 0.6 is 11.3 Å². The zero-order valence-corrected chi connectivity index (χ0v) is 13.5. The van der Waals surface area contributed by atoms with E-state index in [1.165, 1.54) is 24.5 Å². The van der Waals surface area contributed by atoms with Crippen molar-refractivity contribution in [3.63, 3.8) is 0 Å². The summed E-state index contributed by atoms with van der Waals surface area (Å²) < 4.78 is 19.2. The number of hydrogen-bond donors (Lipinski definition) is 1. The van der Waals surface area contributed by atoms with E-state index < -0.39 is 0 Å². The topological polar surface area (TPSA) is 47.0 Å². The zero-order valence-electron chi connectivity index (χ0n) is 12.7. The molecule has 0 saturated heterocycles. The molecule has 0 aliphatic heterocycles. The monoisotopic (exact) mass is 309 g/mol. The lowest BCUT2D eigenvalue weighted by Crippen LogP contribution is -2.10. The van der Waals surface area contributed by atoms with Crippen LogP contribution in [0.1, 0.15) is 37.4 Å². The molecular formula is C15H20FN3OS. The molecule has 2 aromatic rings. The van der Waals surface area contributed by atoms with Gasteiger partial charge in [-0.15, -0.1) is 10.2 Å². The van der Waals surface area contributed by atoms with Crippen LogP contribution in [0.25, 0.3) is 0 Å². The molecular weight excluding hydrogens is 289 g/mol. The predicted molar refractivity (Wildman–Crippen MR) is 83.4 cm³/mol. The van der Waals surface area contributed by atoms with Crippen LogP contribution in [-0.4, -0.2) is 17.3 Å². The Morgan fingerprint density at radius 1 is 1.29 bits per heavy atom. The largest absolute Gasteiger partial charge is 0.496 e. The maximum Gasteiger partial charge on any atom is 0.206 e. The Balaban J connectivity index is 2.14. The Morgan fingerprint density at radius 3 is 2.71 bits per heavy atom. The molecule has 2 rings (SSSR count). The standard InChI is InChI=1S/C15H20FN3OS/c1-9(2)8-13-18-19-15(21-13)17-10(3)14-11(16)6-5-7-12(14)20-4/h5-7,9-10H,8H2,1-4H3,(H,17,19). The van der Waals surface area contributed by atoms with E-state index >= 15 is 0 Å². The van der Waals surface area contributed by atoms with Crippen molar-refractivity contribution in [3.8, 4) is 5.75 Å². The highest BCUT2D eigenvalue weighted by Gasteiger charge is 2.18. The van der Waals surface area contributed by atoms with Gasteiger partial charge in [-0.25, -0.2) is 4.39 Å². The number of benzene rings is 1. The lowest BCUT2D eigenvalue weighted by atomic mass is 10.1. The normalized spacial score (nSPS) is 12.5. The van der Waals surface area contributed by atoms with E-state index in [0.717, 1.165) is 11.4 Å². The van der Waals surface area contributed by atoms with Gasteiger partial charge in [-0.3, -0.25) is 0 Å². The van der Waals surface area contributed by atoms with Crippen LogP contribution in [0.4, 0.5) is 9.52 Å². The number of hydrogen-bond acceptors (Lipinski definition) is 5. The van der Waals surface area contributed by atoms with Gasteiger partial charge < -0.3 is 10.1 Å². The van der Waals surface area contributed by atoms with Gasteiger partial charge in [0.2, 0.25) is 5.13 Å². The number of nitrogens with one attached hydrogen (secondary N) is 1. The molecule has 0 radical (unpaired) electrons. The molecule has 0 spiro atoms. The van der Waals surface area contributed by atoms with E-state index in [2.05, 4.69) is 29.4 Å². The highest BCUT2D eigenvalue weighted by molar-refractivity contribution is 7.15. The van der Waals surface area contributed by atoms with Gasteiger partial charge in [0.25, 0.3) is 0 Å². The minimum absolute atomic E-state index is 0.249. The zero-order chi connectivity index (χ0) is 15.4. The van der Waals surface area contributed by atoms with Crippen molar-refractivity contribution in [2.24, 2.45) is 5.92 Å². The van der Waals surface area contributed by atoms with Crippen LogP contribution in [-0.2, 0) is 6.42 Å². The lowest BCUT2D eigenvalue weighted by Gasteiger charge is -2.17. The van der Waals surface area contributed by atoms with Crippen LogP contribution in [0.5, 0.6) is 5.75 Å². The van der Waals surface area contributed by atoms with Crippen molar-refractivity contribution in [3.05, 3.63) is 34.6 Å². The molecule has 0 saturated carbocycles. The van der Waals surface area contributed by atoms with Crippen LogP contribution < -0.4 is 10.1 Å². The average molecular weight is 309 g/mol. The first-order chi connectivity index (χ1) is 10.0. The molecule has 114 valence electrons. The summed E-state index contributed by atoms with van der Waals surface area (Å²) in [6, 6.07) is 4.57. The Bertz CT molecular complexity index is 600. The molecule has 21 heavy (non-hydrogen) atoms. The molecule has 1 N–H and O–H groups in total. The summed E-state index contributed by atoms with van der Waals surface area (Å²) in [4.78, 5) is 0. The quantitative estimate of drug-likeness (QED) is 0.874. The third kappa shape index (κ3) is 3.91. The van der Waals surface area contributed by atoms with Crippen LogP contribution in [0, 0.1) is 11.7 Å². The molecule has 1 aromatic carbocycles. The number of methoxy groups -OCH3 is 1. The van der Waals surface area contributed by atoms with Crippen LogP contribution in [0.2, 0.25) is 0 Å². The molecule has 1 unspecified atom stereocenters. The van der Waals surface area contributed by atoms with Crippen molar-refractivity contribution >= 4 is 16.5 Å². The summed E-state index contributed by atoms with van der Waals surface area (Å²) in [6.45, 7) is 6.16. The Morgan fingerprint density at radius 2 is 2.05 bits per heavy atom. The molecule has 6 heteroatoms. The average Bonchev–Trinajstić information content (AvgIpc) is 2.84. The SMILES string of the molecule is COc1cccc(F)c1C(C)Nc1nnc(CC(C)C)s1. The highest BCUT2D eigenvalue weighted by atomic mass is 32.1. The maximum absolute atomic E-state index is 14.0. The number of aromatic nitrogens is 2. The number of ether oxygens (including phenoxy) is 1. The van der Waals surface area contributed by atoms with Gasteiger partial charge in [0.05, 0.1) is 18.7 Å². The Labute approximate surface area is 128 Å². The highest BCUT2D eigenvalue weighted by Crippen LogP contribution is 2.31. The van der Waals surface area contributed by atoms with Gasteiger partial charge in [0.1, 0.15) is 16.6 Å². The second kappa shape index (κ2) is 6.85. The van der Waals surface area contributed by atoms with E-state index in [1.807, 2.05) is 6.92 Å². The van der Waals surface area contributed by atoms with Gasteiger partial charge in [0.15, 0.2) is 0 Å². The lowest BCUT2D eigenvalue weighted by molar-refractivity contribution is 0.402. The molecule has 1 atom stereocenters. The number of rotatable bonds is 6. The van der Waals surface area contributed by atoms with Gasteiger partial charge in [-0.1, -0.05) is 31.3 Å². The number of nitrogens with zero attached hydrogens (tertiary/aromatic N) is 2. The Hall–Kier alpha value is -1.69.